The number of aryl methyl sites for hydroxylation is 4. The van der Waals surface area contributed by atoms with Gasteiger partial charge in [-0.25, -0.2) is 9.13 Å². The molecule has 0 spiro atoms. The quantitative estimate of drug-likeness (QED) is 0.107. The first-order chi connectivity index (χ1) is 17.8. The summed E-state index contributed by atoms with van der Waals surface area (Å²) in [5, 5.41) is 0. The molecule has 2 aromatic rings. The molecule has 0 aromatic carbocycles. The Kier molecular flexibility index (Phi) is 18.1. The van der Waals surface area contributed by atoms with Gasteiger partial charge in [0.05, 0.1) is 0 Å². The van der Waals surface area contributed by atoms with Crippen LogP contribution in [0.4, 0.5) is 0 Å². The van der Waals surface area contributed by atoms with E-state index >= 15 is 0 Å². The molecule has 36 heavy (non-hydrogen) atoms. The van der Waals surface area contributed by atoms with Gasteiger partial charge in [-0.1, -0.05) is 104 Å². The molecular weight excluding hydrogens is 436 g/mol. The van der Waals surface area contributed by atoms with Gasteiger partial charge < -0.3 is 0 Å². The standard InChI is InChI=1S/C34H58N2/c1-3-5-7-9-11-13-15-17-21-33-23-29-35(30-24-33)27-19-20-28-36-31-25-34(26-32-36)22-18-16-14-12-10-8-6-4-2/h23-26,29-32H,3-22,27-28H2,1-2H3/q+2. The van der Waals surface area contributed by atoms with E-state index in [0.717, 1.165) is 13.1 Å². The third-order valence-electron chi connectivity index (χ3n) is 7.64. The van der Waals surface area contributed by atoms with Crippen LogP contribution in [0.3, 0.4) is 0 Å². The van der Waals surface area contributed by atoms with Gasteiger partial charge in [0.25, 0.3) is 0 Å². The van der Waals surface area contributed by atoms with Crippen LogP contribution in [0.15, 0.2) is 49.1 Å². The second-order valence-electron chi connectivity index (χ2n) is 11.0. The fraction of sp³-hybridized carbons (Fsp3) is 0.706. The fourth-order valence-electron chi connectivity index (χ4n) is 5.12. The third-order valence-corrected chi connectivity index (χ3v) is 7.64. The summed E-state index contributed by atoms with van der Waals surface area (Å²) in [7, 11) is 0. The lowest BCUT2D eigenvalue weighted by molar-refractivity contribution is -0.708. The van der Waals surface area contributed by atoms with Crippen LogP contribution in [0.25, 0.3) is 0 Å². The first kappa shape index (κ1) is 30.5. The van der Waals surface area contributed by atoms with E-state index in [-0.39, 0.29) is 0 Å². The van der Waals surface area contributed by atoms with Crippen LogP contribution in [0.2, 0.25) is 0 Å². The number of unbranched alkanes of at least 4 members (excludes halogenated alkanes) is 15. The second-order valence-corrected chi connectivity index (χ2v) is 11.0. The highest BCUT2D eigenvalue weighted by molar-refractivity contribution is 5.07. The Labute approximate surface area is 224 Å². The zero-order valence-corrected chi connectivity index (χ0v) is 24.1. The molecule has 2 nitrogen and oxygen atoms in total. The molecule has 2 heterocycles. The van der Waals surface area contributed by atoms with Crippen molar-refractivity contribution in [1.82, 2.24) is 0 Å². The van der Waals surface area contributed by atoms with Crippen LogP contribution >= 0.6 is 0 Å². The monoisotopic (exact) mass is 494 g/mol. The molecule has 202 valence electrons. The van der Waals surface area contributed by atoms with Gasteiger partial charge in [0, 0.05) is 37.1 Å². The first-order valence-electron chi connectivity index (χ1n) is 15.8. The maximum Gasteiger partial charge on any atom is 0.169 e. The Morgan fingerprint density at radius 2 is 0.694 bits per heavy atom. The van der Waals surface area contributed by atoms with Crippen molar-refractivity contribution in [3.8, 4) is 0 Å². The SMILES string of the molecule is CCCCCCCCCCc1cc[n+](CCCC[n+]2ccc(CCCCCCCCCC)cc2)cc1. The summed E-state index contributed by atoms with van der Waals surface area (Å²) in [6.45, 7) is 6.82. The lowest BCUT2D eigenvalue weighted by Gasteiger charge is -2.03. The van der Waals surface area contributed by atoms with E-state index < -0.39 is 0 Å². The number of rotatable bonds is 23. The topological polar surface area (TPSA) is 7.76 Å². The number of hydrogen-bond acceptors (Lipinski definition) is 0. The van der Waals surface area contributed by atoms with Crippen molar-refractivity contribution in [2.24, 2.45) is 0 Å². The van der Waals surface area contributed by atoms with Gasteiger partial charge >= 0.3 is 0 Å². The van der Waals surface area contributed by atoms with E-state index in [2.05, 4.69) is 72.0 Å². The molecule has 0 aliphatic carbocycles. The van der Waals surface area contributed by atoms with Gasteiger partial charge in [0.15, 0.2) is 24.8 Å². The average molecular weight is 495 g/mol. The lowest BCUT2D eigenvalue weighted by Crippen LogP contribution is -2.35. The van der Waals surface area contributed by atoms with Crippen LogP contribution < -0.4 is 9.13 Å². The largest absolute Gasteiger partial charge is 0.205 e. The molecule has 0 radical (unpaired) electrons. The minimum atomic E-state index is 1.12. The summed E-state index contributed by atoms with van der Waals surface area (Å²) in [4.78, 5) is 0. The summed E-state index contributed by atoms with van der Waals surface area (Å²) >= 11 is 0. The summed E-state index contributed by atoms with van der Waals surface area (Å²) in [5.41, 5.74) is 3.00. The molecule has 0 atom stereocenters. The number of nitrogens with zero attached hydrogens (tertiary/aromatic N) is 2. The molecule has 0 bridgehead atoms. The molecule has 0 amide bonds. The van der Waals surface area contributed by atoms with E-state index in [9.17, 15) is 0 Å². The van der Waals surface area contributed by atoms with Crippen LogP contribution in [0, 0.1) is 0 Å². The number of aromatic nitrogens is 2. The predicted octanol–water partition coefficient (Wildman–Crippen LogP) is 9.11. The highest BCUT2D eigenvalue weighted by Crippen LogP contribution is 2.12. The van der Waals surface area contributed by atoms with E-state index in [4.69, 9.17) is 0 Å². The average Bonchev–Trinajstić information content (AvgIpc) is 2.91. The maximum atomic E-state index is 2.36. The summed E-state index contributed by atoms with van der Waals surface area (Å²) < 4.78 is 4.71. The van der Waals surface area contributed by atoms with E-state index in [1.54, 1.807) is 0 Å². The molecule has 2 rings (SSSR count). The van der Waals surface area contributed by atoms with Gasteiger partial charge in [-0.05, 0) is 36.8 Å². The molecular formula is C34H58N2+2. The number of hydrogen-bond donors (Lipinski definition) is 0. The fourth-order valence-corrected chi connectivity index (χ4v) is 5.12. The highest BCUT2D eigenvalue weighted by atomic mass is 14.9. The Balaban J connectivity index is 1.49. The van der Waals surface area contributed by atoms with Crippen LogP contribution in [-0.2, 0) is 25.9 Å². The Bertz CT molecular complexity index is 669. The second kappa shape index (κ2) is 21.4. The molecule has 0 fully saturated rings. The highest BCUT2D eigenvalue weighted by Gasteiger charge is 2.05. The van der Waals surface area contributed by atoms with Crippen LogP contribution in [0.5, 0.6) is 0 Å². The van der Waals surface area contributed by atoms with Crippen LogP contribution in [-0.4, -0.2) is 0 Å². The van der Waals surface area contributed by atoms with Crippen LogP contribution in [0.1, 0.15) is 141 Å². The minimum absolute atomic E-state index is 1.12. The Morgan fingerprint density at radius 1 is 0.389 bits per heavy atom. The van der Waals surface area contributed by atoms with Crippen molar-refractivity contribution in [3.05, 3.63) is 60.2 Å². The molecule has 0 saturated heterocycles. The normalized spacial score (nSPS) is 11.3. The Morgan fingerprint density at radius 3 is 1.03 bits per heavy atom. The van der Waals surface area contributed by atoms with Gasteiger partial charge in [0.2, 0.25) is 0 Å². The molecule has 0 saturated carbocycles. The van der Waals surface area contributed by atoms with Gasteiger partial charge in [-0.15, -0.1) is 0 Å². The lowest BCUT2D eigenvalue weighted by atomic mass is 10.0. The maximum absolute atomic E-state index is 2.36. The molecule has 0 aliphatic heterocycles. The van der Waals surface area contributed by atoms with Gasteiger partial charge in [-0.2, -0.15) is 0 Å². The van der Waals surface area contributed by atoms with Crippen molar-refractivity contribution >= 4 is 0 Å². The molecule has 0 N–H and O–H groups in total. The van der Waals surface area contributed by atoms with Gasteiger partial charge in [-0.3, -0.25) is 0 Å². The predicted molar refractivity (Wildman–Crippen MR) is 155 cm³/mol. The zero-order chi connectivity index (χ0) is 25.5. The van der Waals surface area contributed by atoms with Crippen molar-refractivity contribution in [1.29, 1.82) is 0 Å². The van der Waals surface area contributed by atoms with E-state index in [0.29, 0.717) is 0 Å². The van der Waals surface area contributed by atoms with E-state index in [1.807, 2.05) is 0 Å². The Hall–Kier alpha value is -1.70. The molecule has 2 heteroatoms. The van der Waals surface area contributed by atoms with Gasteiger partial charge in [0.1, 0.15) is 13.1 Å². The zero-order valence-electron chi connectivity index (χ0n) is 24.1. The molecule has 2 aromatic heterocycles. The summed E-state index contributed by atoms with van der Waals surface area (Å²) in [6, 6.07) is 9.34. The smallest absolute Gasteiger partial charge is 0.169 e. The molecule has 0 unspecified atom stereocenters. The van der Waals surface area contributed by atoms with Crippen molar-refractivity contribution in [2.45, 2.75) is 155 Å². The van der Waals surface area contributed by atoms with Crippen molar-refractivity contribution in [3.63, 3.8) is 0 Å². The molecule has 0 aliphatic rings. The minimum Gasteiger partial charge on any atom is -0.205 e. The third kappa shape index (κ3) is 15.4. The summed E-state index contributed by atoms with van der Waals surface area (Å²) in [5.74, 6) is 0. The number of pyridine rings is 2. The summed E-state index contributed by atoms with van der Waals surface area (Å²) in [6.07, 6.45) is 36.5. The van der Waals surface area contributed by atoms with Crippen molar-refractivity contribution < 1.29 is 9.13 Å². The van der Waals surface area contributed by atoms with E-state index in [1.165, 1.54) is 140 Å². The van der Waals surface area contributed by atoms with Crippen molar-refractivity contribution in [2.75, 3.05) is 0 Å². The first-order valence-corrected chi connectivity index (χ1v) is 15.8.